The second kappa shape index (κ2) is 7.96. The number of anilines is 1. The molecule has 1 aliphatic rings. The van der Waals surface area contributed by atoms with Crippen molar-refractivity contribution in [3.8, 4) is 0 Å². The van der Waals surface area contributed by atoms with Gasteiger partial charge in [-0.25, -0.2) is 9.67 Å². The van der Waals surface area contributed by atoms with E-state index in [1.807, 2.05) is 29.1 Å². The molecule has 1 aromatic carbocycles. The number of aromatic nitrogens is 3. The standard InChI is InChI=1S/C23H21N5O2S/c1-14-11-18(19-12-24-28(21(19)25-14)13-16-5-4-10-31-16)23(30)27-20-7-3-2-6-17(20)22(29)26-15-8-9-15/h2-7,10-12,15H,8-9,13H2,1H3,(H,26,29)(H,27,30). The first kappa shape index (κ1) is 19.4. The van der Waals surface area contributed by atoms with Gasteiger partial charge in [-0.3, -0.25) is 9.59 Å². The first-order chi connectivity index (χ1) is 15.1. The third-order valence-corrected chi connectivity index (χ3v) is 6.06. The number of aryl methyl sites for hydroxylation is 1. The maximum atomic E-state index is 13.2. The quantitative estimate of drug-likeness (QED) is 0.483. The lowest BCUT2D eigenvalue weighted by Gasteiger charge is -2.12. The van der Waals surface area contributed by atoms with Gasteiger partial charge in [0.05, 0.1) is 34.9 Å². The Morgan fingerprint density at radius 2 is 1.97 bits per heavy atom. The summed E-state index contributed by atoms with van der Waals surface area (Å²) < 4.78 is 1.81. The number of nitrogens with one attached hydrogen (secondary N) is 2. The maximum Gasteiger partial charge on any atom is 0.256 e. The van der Waals surface area contributed by atoms with E-state index in [2.05, 4.69) is 20.7 Å². The molecular weight excluding hydrogens is 410 g/mol. The fourth-order valence-corrected chi connectivity index (χ4v) is 4.18. The first-order valence-corrected chi connectivity index (χ1v) is 11.0. The highest BCUT2D eigenvalue weighted by molar-refractivity contribution is 7.09. The topological polar surface area (TPSA) is 88.9 Å². The molecule has 1 fully saturated rings. The molecule has 1 saturated carbocycles. The highest BCUT2D eigenvalue weighted by atomic mass is 32.1. The van der Waals surface area contributed by atoms with Crippen LogP contribution < -0.4 is 10.6 Å². The summed E-state index contributed by atoms with van der Waals surface area (Å²) in [6.07, 6.45) is 3.68. The Morgan fingerprint density at radius 1 is 1.13 bits per heavy atom. The lowest BCUT2D eigenvalue weighted by molar-refractivity contribution is 0.0952. The minimum Gasteiger partial charge on any atom is -0.349 e. The molecule has 0 spiro atoms. The van der Waals surface area contributed by atoms with Gasteiger partial charge in [-0.05, 0) is 49.4 Å². The van der Waals surface area contributed by atoms with Gasteiger partial charge in [-0.1, -0.05) is 18.2 Å². The second-order valence-corrected chi connectivity index (χ2v) is 8.71. The van der Waals surface area contributed by atoms with Crippen LogP contribution in [0.4, 0.5) is 5.69 Å². The average molecular weight is 432 g/mol. The summed E-state index contributed by atoms with van der Waals surface area (Å²) in [5, 5.41) is 13.1. The van der Waals surface area contributed by atoms with Gasteiger partial charge in [0.15, 0.2) is 5.65 Å². The normalized spacial score (nSPS) is 13.3. The summed E-state index contributed by atoms with van der Waals surface area (Å²) in [6, 6.07) is 13.1. The Bertz CT molecular complexity index is 1270. The van der Waals surface area contributed by atoms with Crippen LogP contribution >= 0.6 is 11.3 Å². The van der Waals surface area contributed by atoms with Gasteiger partial charge < -0.3 is 10.6 Å². The molecule has 3 heterocycles. The number of para-hydroxylation sites is 1. The Labute approximate surface area is 183 Å². The molecule has 1 aliphatic carbocycles. The van der Waals surface area contributed by atoms with Crippen LogP contribution in [0.15, 0.2) is 54.0 Å². The maximum absolute atomic E-state index is 13.2. The smallest absolute Gasteiger partial charge is 0.256 e. The van der Waals surface area contributed by atoms with Crippen LogP contribution in [0.2, 0.25) is 0 Å². The molecule has 0 saturated heterocycles. The van der Waals surface area contributed by atoms with Gasteiger partial charge in [0, 0.05) is 16.6 Å². The van der Waals surface area contributed by atoms with E-state index in [1.54, 1.807) is 47.9 Å². The highest BCUT2D eigenvalue weighted by Crippen LogP contribution is 2.24. The van der Waals surface area contributed by atoms with E-state index in [9.17, 15) is 9.59 Å². The molecule has 156 valence electrons. The number of pyridine rings is 1. The number of benzene rings is 1. The molecule has 0 aliphatic heterocycles. The summed E-state index contributed by atoms with van der Waals surface area (Å²) in [5.41, 5.74) is 2.82. The predicted octanol–water partition coefficient (Wildman–Crippen LogP) is 3.99. The van der Waals surface area contributed by atoms with Crippen molar-refractivity contribution < 1.29 is 9.59 Å². The van der Waals surface area contributed by atoms with Crippen molar-refractivity contribution in [3.63, 3.8) is 0 Å². The summed E-state index contributed by atoms with van der Waals surface area (Å²) in [5.74, 6) is -0.462. The van der Waals surface area contributed by atoms with E-state index >= 15 is 0 Å². The molecule has 5 rings (SSSR count). The molecule has 2 amide bonds. The van der Waals surface area contributed by atoms with Gasteiger partial charge in [-0.2, -0.15) is 5.10 Å². The van der Waals surface area contributed by atoms with Crippen molar-refractivity contribution in [2.24, 2.45) is 0 Å². The van der Waals surface area contributed by atoms with Crippen molar-refractivity contribution >= 4 is 39.9 Å². The summed E-state index contributed by atoms with van der Waals surface area (Å²) in [4.78, 5) is 31.6. The van der Waals surface area contributed by atoms with Crippen molar-refractivity contribution in [2.75, 3.05) is 5.32 Å². The van der Waals surface area contributed by atoms with Crippen LogP contribution in [-0.2, 0) is 6.54 Å². The molecule has 8 heteroatoms. The lowest BCUT2D eigenvalue weighted by Crippen LogP contribution is -2.27. The zero-order valence-corrected chi connectivity index (χ0v) is 17.8. The van der Waals surface area contributed by atoms with Crippen LogP contribution in [-0.4, -0.2) is 32.6 Å². The summed E-state index contributed by atoms with van der Waals surface area (Å²) in [7, 11) is 0. The number of amides is 2. The first-order valence-electron chi connectivity index (χ1n) is 10.2. The monoisotopic (exact) mass is 431 g/mol. The highest BCUT2D eigenvalue weighted by Gasteiger charge is 2.25. The molecule has 0 unspecified atom stereocenters. The second-order valence-electron chi connectivity index (χ2n) is 7.68. The third kappa shape index (κ3) is 4.06. The van der Waals surface area contributed by atoms with E-state index in [1.165, 1.54) is 0 Å². The third-order valence-electron chi connectivity index (χ3n) is 5.20. The molecule has 7 nitrogen and oxygen atoms in total. The molecule has 3 aromatic heterocycles. The van der Waals surface area contributed by atoms with Gasteiger partial charge in [0.1, 0.15) is 0 Å². The van der Waals surface area contributed by atoms with Crippen molar-refractivity contribution in [1.82, 2.24) is 20.1 Å². The van der Waals surface area contributed by atoms with Gasteiger partial charge in [-0.15, -0.1) is 11.3 Å². The van der Waals surface area contributed by atoms with Gasteiger partial charge in [0.25, 0.3) is 11.8 Å². The SMILES string of the molecule is Cc1cc(C(=O)Nc2ccccc2C(=O)NC2CC2)c2cnn(Cc3cccs3)c2n1. The Morgan fingerprint density at radius 3 is 2.74 bits per heavy atom. The number of hydrogen-bond acceptors (Lipinski definition) is 5. The van der Waals surface area contributed by atoms with Crippen molar-refractivity contribution in [3.05, 3.63) is 75.7 Å². The van der Waals surface area contributed by atoms with Crippen molar-refractivity contribution in [2.45, 2.75) is 32.4 Å². The molecule has 31 heavy (non-hydrogen) atoms. The fourth-order valence-electron chi connectivity index (χ4n) is 3.50. The van der Waals surface area contributed by atoms with Gasteiger partial charge >= 0.3 is 0 Å². The Balaban J connectivity index is 1.45. The molecule has 0 bridgehead atoms. The molecular formula is C23H21N5O2S. The number of fused-ring (bicyclic) bond motifs is 1. The minimum absolute atomic E-state index is 0.168. The zero-order valence-electron chi connectivity index (χ0n) is 17.0. The van der Waals surface area contributed by atoms with Crippen LogP contribution in [0.1, 0.15) is 44.1 Å². The number of carbonyl (C=O) groups is 2. The van der Waals surface area contributed by atoms with E-state index in [0.29, 0.717) is 34.4 Å². The fraction of sp³-hybridized carbons (Fsp3) is 0.217. The number of hydrogen-bond donors (Lipinski definition) is 2. The van der Waals surface area contributed by atoms with Crippen molar-refractivity contribution in [1.29, 1.82) is 0 Å². The van der Waals surface area contributed by atoms with Crippen LogP contribution in [0.5, 0.6) is 0 Å². The van der Waals surface area contributed by atoms with Crippen LogP contribution in [0.3, 0.4) is 0 Å². The molecule has 0 atom stereocenters. The zero-order chi connectivity index (χ0) is 21.4. The van der Waals surface area contributed by atoms with E-state index in [4.69, 9.17) is 0 Å². The predicted molar refractivity (Wildman–Crippen MR) is 121 cm³/mol. The average Bonchev–Trinajstić information content (AvgIpc) is 3.26. The number of rotatable bonds is 6. The Hall–Kier alpha value is -3.52. The summed E-state index contributed by atoms with van der Waals surface area (Å²) in [6.45, 7) is 2.46. The summed E-state index contributed by atoms with van der Waals surface area (Å²) >= 11 is 1.65. The van der Waals surface area contributed by atoms with E-state index < -0.39 is 0 Å². The molecule has 4 aromatic rings. The number of nitrogens with zero attached hydrogens (tertiary/aromatic N) is 3. The molecule has 0 radical (unpaired) electrons. The van der Waals surface area contributed by atoms with Crippen LogP contribution in [0, 0.1) is 6.92 Å². The molecule has 2 N–H and O–H groups in total. The number of carbonyl (C=O) groups excluding carboxylic acids is 2. The van der Waals surface area contributed by atoms with Gasteiger partial charge in [0.2, 0.25) is 0 Å². The lowest BCUT2D eigenvalue weighted by atomic mass is 10.1. The Kier molecular flexibility index (Phi) is 4.99. The van der Waals surface area contributed by atoms with E-state index in [0.717, 1.165) is 23.4 Å². The van der Waals surface area contributed by atoms with Crippen LogP contribution in [0.25, 0.3) is 11.0 Å². The van der Waals surface area contributed by atoms with E-state index in [-0.39, 0.29) is 17.9 Å². The largest absolute Gasteiger partial charge is 0.349 e. The number of thiophene rings is 1. The minimum atomic E-state index is -0.294.